The molecule has 0 aliphatic carbocycles. The van der Waals surface area contributed by atoms with Gasteiger partial charge in [-0.2, -0.15) is 13.2 Å². The largest absolute Gasteiger partial charge is 0.484 e. The molecule has 2 aromatic carbocycles. The maximum absolute atomic E-state index is 12.4. The van der Waals surface area contributed by atoms with E-state index in [1.807, 2.05) is 31.2 Å². The van der Waals surface area contributed by atoms with E-state index in [4.69, 9.17) is 0 Å². The van der Waals surface area contributed by atoms with Gasteiger partial charge in [0.1, 0.15) is 5.75 Å². The predicted molar refractivity (Wildman–Crippen MR) is 101 cm³/mol. The molecule has 0 bridgehead atoms. The van der Waals surface area contributed by atoms with Gasteiger partial charge in [-0.3, -0.25) is 9.59 Å². The van der Waals surface area contributed by atoms with Gasteiger partial charge >= 0.3 is 6.18 Å². The fourth-order valence-corrected chi connectivity index (χ4v) is 3.06. The second-order valence-electron chi connectivity index (χ2n) is 7.01. The summed E-state index contributed by atoms with van der Waals surface area (Å²) in [6.45, 7) is 1.14. The molecule has 1 aliphatic rings. The van der Waals surface area contributed by atoms with Crippen molar-refractivity contribution in [3.05, 3.63) is 59.7 Å². The minimum absolute atomic E-state index is 0.0971. The molecule has 3 rings (SSSR count). The molecule has 2 amide bonds. The van der Waals surface area contributed by atoms with Crippen LogP contribution in [0.5, 0.6) is 5.75 Å². The standard InChI is InChI=1S/C21H21F3N2O3/c1-14-2-6-17(7-3-14)26-12-16(10-19(26)27)20(28)25-11-15-4-8-18(9-5-15)29-13-21(22,23)24/h2-9,16H,10-13H2,1H3,(H,25,28). The van der Waals surface area contributed by atoms with Gasteiger partial charge in [-0.1, -0.05) is 29.8 Å². The number of anilines is 1. The number of hydrogen-bond donors (Lipinski definition) is 1. The lowest BCUT2D eigenvalue weighted by Crippen LogP contribution is -2.32. The zero-order chi connectivity index (χ0) is 21.0. The molecule has 1 saturated heterocycles. The predicted octanol–water partition coefficient (Wildman–Crippen LogP) is 3.61. The Hall–Kier alpha value is -3.03. The summed E-state index contributed by atoms with van der Waals surface area (Å²) in [6, 6.07) is 13.6. The first-order chi connectivity index (χ1) is 13.7. The number of nitrogens with zero attached hydrogens (tertiary/aromatic N) is 1. The van der Waals surface area contributed by atoms with Crippen LogP contribution in [-0.2, 0) is 16.1 Å². The number of amides is 2. The monoisotopic (exact) mass is 406 g/mol. The van der Waals surface area contributed by atoms with Crippen molar-refractivity contribution in [1.82, 2.24) is 5.32 Å². The van der Waals surface area contributed by atoms with E-state index in [-0.39, 0.29) is 30.5 Å². The quantitative estimate of drug-likeness (QED) is 0.798. The van der Waals surface area contributed by atoms with E-state index < -0.39 is 18.7 Å². The lowest BCUT2D eigenvalue weighted by Gasteiger charge is -2.17. The van der Waals surface area contributed by atoms with Crippen LogP contribution in [0.3, 0.4) is 0 Å². The minimum atomic E-state index is -4.39. The van der Waals surface area contributed by atoms with Crippen molar-refractivity contribution in [2.24, 2.45) is 5.92 Å². The fraction of sp³-hybridized carbons (Fsp3) is 0.333. The van der Waals surface area contributed by atoms with E-state index >= 15 is 0 Å². The van der Waals surface area contributed by atoms with Crippen molar-refractivity contribution in [3.63, 3.8) is 0 Å². The second-order valence-corrected chi connectivity index (χ2v) is 7.01. The summed E-state index contributed by atoms with van der Waals surface area (Å²) >= 11 is 0. The van der Waals surface area contributed by atoms with Crippen LogP contribution in [0.25, 0.3) is 0 Å². The van der Waals surface area contributed by atoms with Crippen LogP contribution in [0.2, 0.25) is 0 Å². The molecule has 1 N–H and O–H groups in total. The van der Waals surface area contributed by atoms with Crippen molar-refractivity contribution in [3.8, 4) is 5.75 Å². The topological polar surface area (TPSA) is 58.6 Å². The van der Waals surface area contributed by atoms with E-state index in [0.717, 1.165) is 16.8 Å². The fourth-order valence-electron chi connectivity index (χ4n) is 3.06. The number of carbonyl (C=O) groups excluding carboxylic acids is 2. The third-order valence-electron chi connectivity index (χ3n) is 4.63. The maximum Gasteiger partial charge on any atom is 0.422 e. The Balaban J connectivity index is 1.50. The number of benzene rings is 2. The molecule has 1 atom stereocenters. The Kier molecular flexibility index (Phi) is 6.10. The molecule has 0 spiro atoms. The van der Waals surface area contributed by atoms with Crippen LogP contribution in [0, 0.1) is 12.8 Å². The van der Waals surface area contributed by atoms with Crippen LogP contribution in [0.4, 0.5) is 18.9 Å². The van der Waals surface area contributed by atoms with Gasteiger partial charge in [-0.05, 0) is 36.8 Å². The first-order valence-corrected chi connectivity index (χ1v) is 9.14. The van der Waals surface area contributed by atoms with Gasteiger partial charge in [0, 0.05) is 25.2 Å². The van der Waals surface area contributed by atoms with E-state index in [1.165, 1.54) is 12.1 Å². The summed E-state index contributed by atoms with van der Waals surface area (Å²) in [5.41, 5.74) is 2.58. The van der Waals surface area contributed by atoms with Gasteiger partial charge in [0.15, 0.2) is 6.61 Å². The number of alkyl halides is 3. The average Bonchev–Trinajstić information content (AvgIpc) is 3.07. The summed E-state index contributed by atoms with van der Waals surface area (Å²) in [7, 11) is 0. The Morgan fingerprint density at radius 2 is 1.79 bits per heavy atom. The Morgan fingerprint density at radius 1 is 1.14 bits per heavy atom. The summed E-state index contributed by atoms with van der Waals surface area (Å²) in [6.07, 6.45) is -4.25. The van der Waals surface area contributed by atoms with E-state index in [1.54, 1.807) is 17.0 Å². The van der Waals surface area contributed by atoms with Gasteiger partial charge in [0.05, 0.1) is 5.92 Å². The molecule has 154 valence electrons. The molecule has 0 radical (unpaired) electrons. The SMILES string of the molecule is Cc1ccc(N2CC(C(=O)NCc3ccc(OCC(F)(F)F)cc3)CC2=O)cc1. The third-order valence-corrected chi connectivity index (χ3v) is 4.63. The molecule has 1 fully saturated rings. The maximum atomic E-state index is 12.4. The number of aryl methyl sites for hydroxylation is 1. The normalized spacial score (nSPS) is 16.8. The molecule has 1 aliphatic heterocycles. The van der Waals surface area contributed by atoms with Crippen LogP contribution < -0.4 is 15.0 Å². The Morgan fingerprint density at radius 3 is 2.41 bits per heavy atom. The van der Waals surface area contributed by atoms with Crippen molar-refractivity contribution >= 4 is 17.5 Å². The van der Waals surface area contributed by atoms with Gasteiger partial charge < -0.3 is 15.0 Å². The van der Waals surface area contributed by atoms with E-state index in [9.17, 15) is 22.8 Å². The number of hydrogen-bond acceptors (Lipinski definition) is 3. The lowest BCUT2D eigenvalue weighted by atomic mass is 10.1. The highest BCUT2D eigenvalue weighted by Gasteiger charge is 2.35. The molecule has 0 aromatic heterocycles. The molecule has 29 heavy (non-hydrogen) atoms. The molecule has 2 aromatic rings. The molecular weight excluding hydrogens is 385 g/mol. The number of carbonyl (C=O) groups is 2. The van der Waals surface area contributed by atoms with E-state index in [0.29, 0.717) is 6.54 Å². The van der Waals surface area contributed by atoms with Gasteiger partial charge in [0.25, 0.3) is 0 Å². The summed E-state index contributed by atoms with van der Waals surface area (Å²) < 4.78 is 41.1. The lowest BCUT2D eigenvalue weighted by molar-refractivity contribution is -0.153. The highest BCUT2D eigenvalue weighted by Crippen LogP contribution is 2.25. The summed E-state index contributed by atoms with van der Waals surface area (Å²) in [4.78, 5) is 26.3. The number of nitrogens with one attached hydrogen (secondary N) is 1. The van der Waals surface area contributed by atoms with Crippen LogP contribution in [0.15, 0.2) is 48.5 Å². The molecule has 5 nitrogen and oxygen atoms in total. The number of rotatable bonds is 6. The smallest absolute Gasteiger partial charge is 0.422 e. The highest BCUT2D eigenvalue weighted by molar-refractivity contribution is 6.00. The Bertz CT molecular complexity index is 864. The number of ether oxygens (including phenoxy) is 1. The van der Waals surface area contributed by atoms with E-state index in [2.05, 4.69) is 10.1 Å². The summed E-state index contributed by atoms with van der Waals surface area (Å²) in [5, 5.41) is 2.78. The van der Waals surface area contributed by atoms with Crippen LogP contribution in [0.1, 0.15) is 17.5 Å². The van der Waals surface area contributed by atoms with Crippen molar-refractivity contribution < 1.29 is 27.5 Å². The van der Waals surface area contributed by atoms with Crippen molar-refractivity contribution in [2.75, 3.05) is 18.1 Å². The molecule has 1 heterocycles. The second kappa shape index (κ2) is 8.55. The third kappa shape index (κ3) is 5.73. The highest BCUT2D eigenvalue weighted by atomic mass is 19.4. The van der Waals surface area contributed by atoms with Crippen molar-refractivity contribution in [1.29, 1.82) is 0 Å². The molecule has 0 saturated carbocycles. The zero-order valence-electron chi connectivity index (χ0n) is 15.8. The number of halogens is 3. The zero-order valence-corrected chi connectivity index (χ0v) is 15.8. The summed E-state index contributed by atoms with van der Waals surface area (Å²) in [5.74, 6) is -0.670. The molecule has 1 unspecified atom stereocenters. The van der Waals surface area contributed by atoms with Crippen LogP contribution >= 0.6 is 0 Å². The van der Waals surface area contributed by atoms with Crippen LogP contribution in [-0.4, -0.2) is 31.1 Å². The first-order valence-electron chi connectivity index (χ1n) is 9.14. The minimum Gasteiger partial charge on any atom is -0.484 e. The molecule has 8 heteroatoms. The van der Waals surface area contributed by atoms with Gasteiger partial charge in [-0.25, -0.2) is 0 Å². The Labute approximate surface area is 166 Å². The molecular formula is C21H21F3N2O3. The average molecular weight is 406 g/mol. The van der Waals surface area contributed by atoms with Gasteiger partial charge in [0.2, 0.25) is 11.8 Å². The van der Waals surface area contributed by atoms with Gasteiger partial charge in [-0.15, -0.1) is 0 Å². The van der Waals surface area contributed by atoms with Crippen molar-refractivity contribution in [2.45, 2.75) is 26.1 Å². The first kappa shape index (κ1) is 20.7.